The lowest BCUT2D eigenvalue weighted by Gasteiger charge is -2.39. The standard InChI is InChI=1S/C41H68O10/c1-3-5-7-9-11-12-13-14-15-16-17-18-19-20-21-22-24-25-27-29-36(43)48-32-34(50-37(44)30-28-26-23-10-8-6-4-2)33-49-41-40(47)39(46)38(45)35(31-42)51-41/h5,7,11-12,14-15,17-18,20-21,34-35,38-42,45-47H,3-4,6,8-10,13,16,19,22-33H2,1-2H3/b7-5+,12-11+,15-14+,18-17+,21-20+/t34-,35-,38+,39?,40?,41-/m0/s1. The van der Waals surface area contributed by atoms with Gasteiger partial charge in [-0.15, -0.1) is 0 Å². The van der Waals surface area contributed by atoms with Crippen LogP contribution in [0.15, 0.2) is 60.8 Å². The van der Waals surface area contributed by atoms with Gasteiger partial charge in [0, 0.05) is 12.8 Å². The van der Waals surface area contributed by atoms with Crippen LogP contribution in [-0.4, -0.2) is 89.0 Å². The van der Waals surface area contributed by atoms with Crippen molar-refractivity contribution in [1.29, 1.82) is 0 Å². The third-order valence-corrected chi connectivity index (χ3v) is 8.42. The molecule has 1 fully saturated rings. The second-order valence-electron chi connectivity index (χ2n) is 13.0. The Balaban J connectivity index is 2.36. The Morgan fingerprint density at radius 3 is 1.75 bits per heavy atom. The van der Waals surface area contributed by atoms with E-state index >= 15 is 0 Å². The Hall–Kier alpha value is -2.60. The van der Waals surface area contributed by atoms with E-state index in [0.717, 1.165) is 70.6 Å². The monoisotopic (exact) mass is 720 g/mol. The first kappa shape index (κ1) is 46.4. The molecule has 1 aliphatic rings. The van der Waals surface area contributed by atoms with Gasteiger partial charge in [0.05, 0.1) is 13.2 Å². The average molecular weight is 721 g/mol. The SMILES string of the molecule is CC/C=C/C/C=C/C/C=C/C/C=C/C/C=C/CCCCCC(=O)OC[C@@H](CO[C@H]1O[C@@H](CO)[C@@H](O)C(O)C1O)OC(=O)CCCCCCCCC. The molecule has 1 aliphatic heterocycles. The first-order valence-electron chi connectivity index (χ1n) is 19.4. The van der Waals surface area contributed by atoms with Crippen LogP contribution in [0.4, 0.5) is 0 Å². The molecule has 10 heteroatoms. The number of carbonyl (C=O) groups is 2. The van der Waals surface area contributed by atoms with Crippen molar-refractivity contribution < 1.29 is 49.0 Å². The van der Waals surface area contributed by atoms with Crippen LogP contribution in [0.3, 0.4) is 0 Å². The number of aliphatic hydroxyl groups is 4. The van der Waals surface area contributed by atoms with Gasteiger partial charge in [0.25, 0.3) is 0 Å². The second kappa shape index (κ2) is 32.1. The van der Waals surface area contributed by atoms with Crippen molar-refractivity contribution in [2.75, 3.05) is 19.8 Å². The highest BCUT2D eigenvalue weighted by molar-refractivity contribution is 5.70. The molecule has 10 nitrogen and oxygen atoms in total. The minimum absolute atomic E-state index is 0.218. The van der Waals surface area contributed by atoms with Crippen molar-refractivity contribution in [1.82, 2.24) is 0 Å². The fourth-order valence-electron chi connectivity index (χ4n) is 5.33. The van der Waals surface area contributed by atoms with E-state index in [1.54, 1.807) is 0 Å². The van der Waals surface area contributed by atoms with Gasteiger partial charge < -0.3 is 39.4 Å². The Bertz CT molecular complexity index is 1020. The summed E-state index contributed by atoms with van der Waals surface area (Å²) in [5.41, 5.74) is 0. The van der Waals surface area contributed by atoms with Crippen LogP contribution in [0.1, 0.15) is 129 Å². The zero-order valence-electron chi connectivity index (χ0n) is 31.3. The molecule has 0 aliphatic carbocycles. The van der Waals surface area contributed by atoms with Gasteiger partial charge in [0.1, 0.15) is 31.0 Å². The van der Waals surface area contributed by atoms with Crippen LogP contribution in [0, 0.1) is 0 Å². The quantitative estimate of drug-likeness (QED) is 0.0344. The van der Waals surface area contributed by atoms with Crippen molar-refractivity contribution in [2.24, 2.45) is 0 Å². The van der Waals surface area contributed by atoms with E-state index in [9.17, 15) is 30.0 Å². The first-order valence-corrected chi connectivity index (χ1v) is 19.4. The molecule has 1 rings (SSSR count). The molecule has 292 valence electrons. The summed E-state index contributed by atoms with van der Waals surface area (Å²) in [6.07, 6.45) is 29.7. The lowest BCUT2D eigenvalue weighted by Crippen LogP contribution is -2.59. The van der Waals surface area contributed by atoms with Gasteiger partial charge in [0.15, 0.2) is 12.4 Å². The van der Waals surface area contributed by atoms with Crippen molar-refractivity contribution in [3.8, 4) is 0 Å². The smallest absolute Gasteiger partial charge is 0.306 e. The molecule has 2 unspecified atom stereocenters. The summed E-state index contributed by atoms with van der Waals surface area (Å²) in [7, 11) is 0. The summed E-state index contributed by atoms with van der Waals surface area (Å²) < 4.78 is 21.9. The number of esters is 2. The van der Waals surface area contributed by atoms with E-state index < -0.39 is 55.4 Å². The predicted octanol–water partition coefficient (Wildman–Crippen LogP) is 7.10. The number of carbonyl (C=O) groups excluding carboxylic acids is 2. The molecule has 0 aromatic heterocycles. The Morgan fingerprint density at radius 2 is 1.16 bits per heavy atom. The van der Waals surface area contributed by atoms with E-state index in [1.165, 1.54) is 19.3 Å². The molecule has 1 heterocycles. The summed E-state index contributed by atoms with van der Waals surface area (Å²) >= 11 is 0. The van der Waals surface area contributed by atoms with Gasteiger partial charge in [-0.05, 0) is 57.8 Å². The van der Waals surface area contributed by atoms with Crippen molar-refractivity contribution in [3.63, 3.8) is 0 Å². The van der Waals surface area contributed by atoms with Crippen molar-refractivity contribution >= 4 is 11.9 Å². The fraction of sp³-hybridized carbons (Fsp3) is 0.707. The molecule has 0 aromatic carbocycles. The number of ether oxygens (including phenoxy) is 4. The minimum atomic E-state index is -1.60. The van der Waals surface area contributed by atoms with Gasteiger partial charge in [-0.2, -0.15) is 0 Å². The fourth-order valence-corrected chi connectivity index (χ4v) is 5.33. The summed E-state index contributed by atoms with van der Waals surface area (Å²) in [5.74, 6) is -0.858. The van der Waals surface area contributed by atoms with Crippen LogP contribution in [0.2, 0.25) is 0 Å². The second-order valence-corrected chi connectivity index (χ2v) is 13.0. The van der Waals surface area contributed by atoms with Crippen LogP contribution < -0.4 is 0 Å². The normalized spacial score (nSPS) is 21.9. The molecule has 0 spiro atoms. The average Bonchev–Trinajstić information content (AvgIpc) is 3.13. The van der Waals surface area contributed by atoms with E-state index in [1.807, 2.05) is 0 Å². The topological polar surface area (TPSA) is 152 Å². The third-order valence-electron chi connectivity index (χ3n) is 8.42. The maximum absolute atomic E-state index is 12.6. The Labute approximate surface area is 307 Å². The molecule has 51 heavy (non-hydrogen) atoms. The number of aliphatic hydroxyl groups excluding tert-OH is 4. The molecule has 0 bridgehead atoms. The Kier molecular flexibility index (Phi) is 29.2. The van der Waals surface area contributed by atoms with Gasteiger partial charge in [0.2, 0.25) is 0 Å². The van der Waals surface area contributed by atoms with Crippen LogP contribution in [0.5, 0.6) is 0 Å². The van der Waals surface area contributed by atoms with Gasteiger partial charge >= 0.3 is 11.9 Å². The number of allylic oxidation sites excluding steroid dienone is 10. The summed E-state index contributed by atoms with van der Waals surface area (Å²) in [6, 6.07) is 0. The molecule has 4 N–H and O–H groups in total. The largest absolute Gasteiger partial charge is 0.462 e. The lowest BCUT2D eigenvalue weighted by molar-refractivity contribution is -0.305. The van der Waals surface area contributed by atoms with E-state index in [2.05, 4.69) is 74.6 Å². The summed E-state index contributed by atoms with van der Waals surface area (Å²) in [4.78, 5) is 25.0. The lowest BCUT2D eigenvalue weighted by atomic mass is 9.99. The number of rotatable bonds is 30. The molecule has 0 radical (unpaired) electrons. The molecule has 6 atom stereocenters. The highest BCUT2D eigenvalue weighted by atomic mass is 16.7. The Morgan fingerprint density at radius 1 is 0.627 bits per heavy atom. The zero-order valence-corrected chi connectivity index (χ0v) is 31.3. The number of hydrogen-bond acceptors (Lipinski definition) is 10. The maximum Gasteiger partial charge on any atom is 0.306 e. The number of unbranched alkanes of at least 4 members (excludes halogenated alkanes) is 9. The molecular weight excluding hydrogens is 652 g/mol. The minimum Gasteiger partial charge on any atom is -0.462 e. The van der Waals surface area contributed by atoms with Crippen molar-refractivity contribution in [3.05, 3.63) is 60.8 Å². The summed E-state index contributed by atoms with van der Waals surface area (Å²) in [5, 5.41) is 39.8. The number of hydrogen-bond donors (Lipinski definition) is 4. The van der Waals surface area contributed by atoms with Crippen LogP contribution in [0.25, 0.3) is 0 Å². The van der Waals surface area contributed by atoms with Crippen molar-refractivity contribution in [2.45, 2.75) is 166 Å². The maximum atomic E-state index is 12.6. The first-order chi connectivity index (χ1) is 24.8. The van der Waals surface area contributed by atoms with Gasteiger partial charge in [-0.1, -0.05) is 120 Å². The summed E-state index contributed by atoms with van der Waals surface area (Å²) in [6.45, 7) is 3.19. The molecule has 0 amide bonds. The van der Waals surface area contributed by atoms with Crippen LogP contribution in [-0.2, 0) is 28.5 Å². The molecule has 1 saturated heterocycles. The van der Waals surface area contributed by atoms with E-state index in [4.69, 9.17) is 18.9 Å². The molecular formula is C41H68O10. The highest BCUT2D eigenvalue weighted by Gasteiger charge is 2.44. The van der Waals surface area contributed by atoms with Gasteiger partial charge in [-0.3, -0.25) is 9.59 Å². The molecule has 0 aromatic rings. The van der Waals surface area contributed by atoms with Gasteiger partial charge in [-0.25, -0.2) is 0 Å². The molecule has 0 saturated carbocycles. The van der Waals surface area contributed by atoms with E-state index in [0.29, 0.717) is 12.8 Å². The third kappa shape index (κ3) is 24.3. The van der Waals surface area contributed by atoms with E-state index in [-0.39, 0.29) is 26.1 Å². The predicted molar refractivity (Wildman–Crippen MR) is 201 cm³/mol. The zero-order chi connectivity index (χ0) is 37.4. The van der Waals surface area contributed by atoms with Crippen LogP contribution >= 0.6 is 0 Å². The highest BCUT2D eigenvalue weighted by Crippen LogP contribution is 2.22.